The summed E-state index contributed by atoms with van der Waals surface area (Å²) in [5, 5.41) is 0. The molecule has 7 heteroatoms. The number of nitrogens with zero attached hydrogens (tertiary/aromatic N) is 3. The molecule has 0 radical (unpaired) electrons. The predicted molar refractivity (Wildman–Crippen MR) is 123 cm³/mol. The van der Waals surface area contributed by atoms with Gasteiger partial charge in [-0.3, -0.25) is 9.21 Å². The minimum atomic E-state index is -0.320. The smallest absolute Gasteiger partial charge is 0.165 e. The van der Waals surface area contributed by atoms with Gasteiger partial charge < -0.3 is 4.74 Å². The Hall–Kier alpha value is -1.83. The fraction of sp³-hybridized carbons (Fsp3) is 0.500. The first-order valence-corrected chi connectivity index (χ1v) is 11.6. The van der Waals surface area contributed by atoms with E-state index in [-0.39, 0.29) is 23.3 Å². The molecule has 2 heterocycles. The minimum absolute atomic E-state index is 0.0299. The fourth-order valence-electron chi connectivity index (χ4n) is 4.80. The van der Waals surface area contributed by atoms with Crippen molar-refractivity contribution in [1.82, 2.24) is 9.21 Å². The molecule has 0 aliphatic carbocycles. The number of hydrogen-bond donors (Lipinski definition) is 0. The summed E-state index contributed by atoms with van der Waals surface area (Å²) in [5.41, 5.74) is 1.95. The molecule has 1 spiro atoms. The largest absolute Gasteiger partial charge is 0.488 e. The monoisotopic (exact) mass is 447 g/mol. The van der Waals surface area contributed by atoms with Crippen molar-refractivity contribution >= 4 is 17.8 Å². The van der Waals surface area contributed by atoms with Crippen LogP contribution in [0.2, 0.25) is 0 Å². The number of likely N-dealkylation sites (tertiary alicyclic amines) is 1. The zero-order chi connectivity index (χ0) is 22.2. The van der Waals surface area contributed by atoms with Gasteiger partial charge in [-0.2, -0.15) is 0 Å². The van der Waals surface area contributed by atoms with E-state index >= 15 is 0 Å². The number of anilines is 1. The van der Waals surface area contributed by atoms with Crippen LogP contribution >= 0.6 is 12.1 Å². The lowest BCUT2D eigenvalue weighted by atomic mass is 9.82. The van der Waals surface area contributed by atoms with E-state index < -0.39 is 0 Å². The van der Waals surface area contributed by atoms with Gasteiger partial charge in [-0.15, -0.1) is 0 Å². The molecular formula is C24H31F2N3OS. The molecule has 4 rings (SSSR count). The molecule has 2 aliphatic heterocycles. The SMILES string of the molecule is CC(C)Oc1cc(CN2CC[C@@]3(C[C@@H]2C)CN(C)SN3c2cccc(F)c2)ccc1F. The molecule has 2 atom stereocenters. The van der Waals surface area contributed by atoms with E-state index in [1.165, 1.54) is 12.1 Å². The van der Waals surface area contributed by atoms with Gasteiger partial charge in [0, 0.05) is 37.8 Å². The summed E-state index contributed by atoms with van der Waals surface area (Å²) in [6.07, 6.45) is 1.91. The first-order valence-electron chi connectivity index (χ1n) is 10.9. The molecule has 0 unspecified atom stereocenters. The third-order valence-corrected chi connectivity index (χ3v) is 7.29. The standard InChI is InChI=1S/C24H31F2N3OS/c1-17(2)30-23-12-19(8-9-22(23)26)15-28-11-10-24(14-18(28)3)16-27(4)31-29(24)21-7-5-6-20(25)13-21/h5-9,12-13,17-18H,10-11,14-16H2,1-4H3/t18-,24+/m0/s1. The predicted octanol–water partition coefficient (Wildman–Crippen LogP) is 5.49. The molecule has 0 N–H and O–H groups in total. The number of benzene rings is 2. The molecule has 2 aliphatic rings. The Morgan fingerprint density at radius 1 is 1.19 bits per heavy atom. The molecule has 2 aromatic rings. The lowest BCUT2D eigenvalue weighted by Crippen LogP contribution is -2.56. The van der Waals surface area contributed by atoms with Crippen LogP contribution in [0, 0.1) is 11.6 Å². The molecule has 0 saturated carbocycles. The van der Waals surface area contributed by atoms with Gasteiger partial charge in [-0.05, 0) is 76.6 Å². The highest BCUT2D eigenvalue weighted by Crippen LogP contribution is 2.46. The van der Waals surface area contributed by atoms with E-state index in [9.17, 15) is 8.78 Å². The maximum absolute atomic E-state index is 14.1. The van der Waals surface area contributed by atoms with E-state index in [2.05, 4.69) is 27.5 Å². The molecular weight excluding hydrogens is 416 g/mol. The fourth-order valence-corrected chi connectivity index (χ4v) is 5.98. The van der Waals surface area contributed by atoms with Gasteiger partial charge in [0.05, 0.1) is 17.3 Å². The summed E-state index contributed by atoms with van der Waals surface area (Å²) in [4.78, 5) is 2.45. The van der Waals surface area contributed by atoms with Gasteiger partial charge in [-0.1, -0.05) is 12.1 Å². The second kappa shape index (κ2) is 8.96. The van der Waals surface area contributed by atoms with Crippen molar-refractivity contribution in [3.63, 3.8) is 0 Å². The van der Waals surface area contributed by atoms with Gasteiger partial charge in [-0.25, -0.2) is 13.1 Å². The summed E-state index contributed by atoms with van der Waals surface area (Å²) < 4.78 is 38.1. The third-order valence-electron chi connectivity index (χ3n) is 6.12. The van der Waals surface area contributed by atoms with Crippen LogP contribution in [0.3, 0.4) is 0 Å². The molecule has 0 bridgehead atoms. The maximum Gasteiger partial charge on any atom is 0.165 e. The van der Waals surface area contributed by atoms with Crippen LogP contribution in [0.1, 0.15) is 39.2 Å². The topological polar surface area (TPSA) is 19.0 Å². The van der Waals surface area contributed by atoms with Crippen LogP contribution in [0.4, 0.5) is 14.5 Å². The normalized spacial score (nSPS) is 25.0. The number of likely N-dealkylation sites (N-methyl/N-ethyl adjacent to an activating group) is 1. The third kappa shape index (κ3) is 4.83. The van der Waals surface area contributed by atoms with Gasteiger partial charge >= 0.3 is 0 Å². The summed E-state index contributed by atoms with van der Waals surface area (Å²) in [5.74, 6) is -0.205. The van der Waals surface area contributed by atoms with Crippen molar-refractivity contribution in [3.8, 4) is 5.75 Å². The van der Waals surface area contributed by atoms with Gasteiger partial charge in [0.15, 0.2) is 11.6 Å². The van der Waals surface area contributed by atoms with E-state index in [0.717, 1.165) is 43.7 Å². The minimum Gasteiger partial charge on any atom is -0.488 e. The van der Waals surface area contributed by atoms with Crippen molar-refractivity contribution in [1.29, 1.82) is 0 Å². The second-order valence-corrected chi connectivity index (χ2v) is 10.2. The molecule has 2 saturated heterocycles. The molecule has 2 fully saturated rings. The number of halogens is 2. The number of hydrogen-bond acceptors (Lipinski definition) is 5. The first kappa shape index (κ1) is 22.4. The van der Waals surface area contributed by atoms with Crippen LogP contribution in [-0.2, 0) is 6.54 Å². The summed E-state index contributed by atoms with van der Waals surface area (Å²) >= 11 is 1.67. The highest BCUT2D eigenvalue weighted by molar-refractivity contribution is 7.98. The number of rotatable bonds is 5. The van der Waals surface area contributed by atoms with Crippen LogP contribution in [0.5, 0.6) is 5.75 Å². The van der Waals surface area contributed by atoms with Gasteiger partial charge in [0.2, 0.25) is 0 Å². The van der Waals surface area contributed by atoms with Crippen LogP contribution in [0.15, 0.2) is 42.5 Å². The Morgan fingerprint density at radius 2 is 2.00 bits per heavy atom. The zero-order valence-electron chi connectivity index (χ0n) is 18.6. The Bertz CT molecular complexity index is 927. The molecule has 0 aromatic heterocycles. The molecule has 31 heavy (non-hydrogen) atoms. The Morgan fingerprint density at radius 3 is 2.71 bits per heavy atom. The maximum atomic E-state index is 14.1. The van der Waals surface area contributed by atoms with Crippen molar-refractivity contribution in [2.75, 3.05) is 24.4 Å². The van der Waals surface area contributed by atoms with Gasteiger partial charge in [0.25, 0.3) is 0 Å². The Balaban J connectivity index is 1.49. The zero-order valence-corrected chi connectivity index (χ0v) is 19.5. The van der Waals surface area contributed by atoms with Crippen LogP contribution in [0.25, 0.3) is 0 Å². The Labute approximate surface area is 188 Å². The summed E-state index contributed by atoms with van der Waals surface area (Å²) in [6, 6.07) is 12.4. The van der Waals surface area contributed by atoms with E-state index in [1.807, 2.05) is 32.0 Å². The second-order valence-electron chi connectivity index (χ2n) is 9.07. The van der Waals surface area contributed by atoms with E-state index in [1.54, 1.807) is 24.3 Å². The van der Waals surface area contributed by atoms with Gasteiger partial charge in [0.1, 0.15) is 5.82 Å². The van der Waals surface area contributed by atoms with Crippen LogP contribution < -0.4 is 9.04 Å². The molecule has 168 valence electrons. The van der Waals surface area contributed by atoms with Crippen molar-refractivity contribution in [2.45, 2.75) is 57.8 Å². The summed E-state index contributed by atoms with van der Waals surface area (Å²) in [7, 11) is 2.09. The average molecular weight is 448 g/mol. The van der Waals surface area contributed by atoms with Crippen molar-refractivity contribution < 1.29 is 13.5 Å². The van der Waals surface area contributed by atoms with Crippen molar-refractivity contribution in [3.05, 3.63) is 59.7 Å². The molecule has 2 aromatic carbocycles. The Kier molecular flexibility index (Phi) is 6.47. The lowest BCUT2D eigenvalue weighted by molar-refractivity contribution is 0.100. The van der Waals surface area contributed by atoms with Crippen molar-refractivity contribution in [2.24, 2.45) is 0 Å². The average Bonchev–Trinajstić information content (AvgIpc) is 3.02. The van der Waals surface area contributed by atoms with Crippen LogP contribution in [-0.4, -0.2) is 47.0 Å². The number of ether oxygens (including phenoxy) is 1. The first-order chi connectivity index (χ1) is 14.8. The lowest BCUT2D eigenvalue weighted by Gasteiger charge is -2.47. The highest BCUT2D eigenvalue weighted by Gasteiger charge is 2.48. The molecule has 0 amide bonds. The van der Waals surface area contributed by atoms with E-state index in [4.69, 9.17) is 4.74 Å². The highest BCUT2D eigenvalue weighted by atomic mass is 32.2. The number of piperidine rings is 1. The quantitative estimate of drug-likeness (QED) is 0.563. The molecule has 4 nitrogen and oxygen atoms in total. The van der Waals surface area contributed by atoms with E-state index in [0.29, 0.717) is 11.8 Å². The summed E-state index contributed by atoms with van der Waals surface area (Å²) in [6.45, 7) is 8.69.